The SMILES string of the molecule is CC/C=C\C/C=C\C[C@H](O)\C=C/C=C/C=C/[C@H](O)C/C=C\CCC(=O)[O-]. The van der Waals surface area contributed by atoms with Crippen LogP contribution in [0.5, 0.6) is 0 Å². The summed E-state index contributed by atoms with van der Waals surface area (Å²) >= 11 is 0. The Morgan fingerprint density at radius 1 is 0.846 bits per heavy atom. The van der Waals surface area contributed by atoms with Gasteiger partial charge < -0.3 is 20.1 Å². The van der Waals surface area contributed by atoms with Gasteiger partial charge in [0.05, 0.1) is 12.2 Å². The minimum absolute atomic E-state index is 0.00491. The lowest BCUT2D eigenvalue weighted by atomic mass is 10.2. The Balaban J connectivity index is 3.91. The lowest BCUT2D eigenvalue weighted by Crippen LogP contribution is -2.21. The number of rotatable bonds is 14. The first-order chi connectivity index (χ1) is 12.6. The standard InChI is InChI=1S/C22H32O4/c1-2-3-4-5-6-10-15-20(23)16-11-7-8-12-17-21(24)18-13-9-14-19-22(25)26/h3-4,6-13,16-17,20-21,23-24H,2,5,14-15,18-19H2,1H3,(H,25,26)/p-1/b4-3-,8-7+,10-6-,13-9-,16-11-,17-12+/t20-,21-/m0/s1. The number of hydrogen-bond acceptors (Lipinski definition) is 4. The van der Waals surface area contributed by atoms with E-state index in [-0.39, 0.29) is 6.42 Å². The highest BCUT2D eigenvalue weighted by molar-refractivity contribution is 5.64. The molecule has 0 aliphatic rings. The van der Waals surface area contributed by atoms with E-state index in [9.17, 15) is 20.1 Å². The van der Waals surface area contributed by atoms with Gasteiger partial charge in [0.2, 0.25) is 0 Å². The predicted molar refractivity (Wildman–Crippen MR) is 105 cm³/mol. The van der Waals surface area contributed by atoms with Crippen molar-refractivity contribution in [2.24, 2.45) is 0 Å². The molecular weight excluding hydrogens is 328 g/mol. The fourth-order valence-corrected chi connectivity index (χ4v) is 1.90. The van der Waals surface area contributed by atoms with Crippen LogP contribution in [0.2, 0.25) is 0 Å². The van der Waals surface area contributed by atoms with Crippen molar-refractivity contribution in [1.82, 2.24) is 0 Å². The van der Waals surface area contributed by atoms with Gasteiger partial charge in [-0.25, -0.2) is 0 Å². The number of carbonyl (C=O) groups excluding carboxylic acids is 1. The van der Waals surface area contributed by atoms with Gasteiger partial charge in [-0.1, -0.05) is 79.8 Å². The van der Waals surface area contributed by atoms with Crippen molar-refractivity contribution in [3.63, 3.8) is 0 Å². The highest BCUT2D eigenvalue weighted by atomic mass is 16.4. The number of aliphatic hydroxyl groups is 2. The molecule has 0 saturated carbocycles. The summed E-state index contributed by atoms with van der Waals surface area (Å²) in [4.78, 5) is 10.2. The third-order valence-electron chi connectivity index (χ3n) is 3.28. The summed E-state index contributed by atoms with van der Waals surface area (Å²) in [6.07, 6.45) is 24.4. The number of carbonyl (C=O) groups is 1. The molecular formula is C22H31O4-. The summed E-state index contributed by atoms with van der Waals surface area (Å²) in [5, 5.41) is 29.7. The minimum atomic E-state index is -1.07. The van der Waals surface area contributed by atoms with Crippen LogP contribution in [0.4, 0.5) is 0 Å². The normalized spacial score (nSPS) is 15.5. The van der Waals surface area contributed by atoms with Gasteiger partial charge in [0.25, 0.3) is 0 Å². The van der Waals surface area contributed by atoms with Crippen molar-refractivity contribution >= 4 is 5.97 Å². The number of aliphatic carboxylic acids is 1. The Morgan fingerprint density at radius 2 is 1.38 bits per heavy atom. The molecule has 0 aromatic rings. The first-order valence-electron chi connectivity index (χ1n) is 9.08. The molecule has 0 saturated heterocycles. The molecule has 0 spiro atoms. The van der Waals surface area contributed by atoms with Crippen LogP contribution >= 0.6 is 0 Å². The van der Waals surface area contributed by atoms with E-state index in [1.807, 2.05) is 12.2 Å². The molecule has 26 heavy (non-hydrogen) atoms. The topological polar surface area (TPSA) is 80.6 Å². The summed E-state index contributed by atoms with van der Waals surface area (Å²) in [7, 11) is 0. The van der Waals surface area contributed by atoms with Gasteiger partial charge >= 0.3 is 0 Å². The summed E-state index contributed by atoms with van der Waals surface area (Å²) in [5.41, 5.74) is 0. The van der Waals surface area contributed by atoms with E-state index in [4.69, 9.17) is 0 Å². The van der Waals surface area contributed by atoms with Crippen molar-refractivity contribution in [1.29, 1.82) is 0 Å². The number of aliphatic hydroxyl groups excluding tert-OH is 2. The molecule has 4 heteroatoms. The van der Waals surface area contributed by atoms with Crippen LogP contribution in [-0.2, 0) is 4.79 Å². The smallest absolute Gasteiger partial charge is 0.0758 e. The Labute approximate surface area is 157 Å². The van der Waals surface area contributed by atoms with Crippen LogP contribution in [0, 0.1) is 0 Å². The van der Waals surface area contributed by atoms with Gasteiger partial charge in [-0.05, 0) is 38.5 Å². The summed E-state index contributed by atoms with van der Waals surface area (Å²) in [6, 6.07) is 0. The summed E-state index contributed by atoms with van der Waals surface area (Å²) in [6.45, 7) is 2.10. The first kappa shape index (κ1) is 23.8. The highest BCUT2D eigenvalue weighted by Gasteiger charge is 1.94. The summed E-state index contributed by atoms with van der Waals surface area (Å²) in [5.74, 6) is -1.07. The van der Waals surface area contributed by atoms with E-state index in [0.29, 0.717) is 19.3 Å². The second-order valence-electron chi connectivity index (χ2n) is 5.73. The lowest BCUT2D eigenvalue weighted by molar-refractivity contribution is -0.305. The van der Waals surface area contributed by atoms with Crippen LogP contribution in [0.25, 0.3) is 0 Å². The average molecular weight is 359 g/mol. The molecule has 0 aromatic heterocycles. The maximum atomic E-state index is 10.2. The quantitative estimate of drug-likeness (QED) is 0.369. The van der Waals surface area contributed by atoms with Crippen LogP contribution in [0.15, 0.2) is 72.9 Å². The van der Waals surface area contributed by atoms with Crippen LogP contribution in [0.3, 0.4) is 0 Å². The molecule has 0 aliphatic carbocycles. The lowest BCUT2D eigenvalue weighted by Gasteiger charge is -2.00. The van der Waals surface area contributed by atoms with Gasteiger partial charge in [-0.3, -0.25) is 0 Å². The molecule has 2 N–H and O–H groups in total. The molecule has 4 nitrogen and oxygen atoms in total. The molecule has 0 amide bonds. The van der Waals surface area contributed by atoms with Gasteiger partial charge in [0.1, 0.15) is 0 Å². The minimum Gasteiger partial charge on any atom is -0.550 e. The largest absolute Gasteiger partial charge is 0.550 e. The second kappa shape index (κ2) is 17.6. The molecule has 0 aromatic carbocycles. The molecule has 0 unspecified atom stereocenters. The van der Waals surface area contributed by atoms with E-state index in [1.54, 1.807) is 48.6 Å². The number of allylic oxidation sites excluding steroid dienone is 8. The monoisotopic (exact) mass is 359 g/mol. The van der Waals surface area contributed by atoms with E-state index in [1.165, 1.54) is 0 Å². The van der Waals surface area contributed by atoms with Crippen molar-refractivity contribution in [2.75, 3.05) is 0 Å². The fraction of sp³-hybridized carbons (Fsp3) is 0.409. The zero-order valence-corrected chi connectivity index (χ0v) is 15.5. The van der Waals surface area contributed by atoms with Crippen LogP contribution in [0.1, 0.15) is 45.4 Å². The van der Waals surface area contributed by atoms with Crippen molar-refractivity contribution in [3.05, 3.63) is 72.9 Å². The molecule has 0 fully saturated rings. The Kier molecular flexibility index (Phi) is 16.2. The van der Waals surface area contributed by atoms with Crippen molar-refractivity contribution in [2.45, 2.75) is 57.7 Å². The maximum Gasteiger partial charge on any atom is 0.0758 e. The average Bonchev–Trinajstić information content (AvgIpc) is 2.60. The van der Waals surface area contributed by atoms with Crippen molar-refractivity contribution in [3.8, 4) is 0 Å². The first-order valence-corrected chi connectivity index (χ1v) is 9.08. The van der Waals surface area contributed by atoms with E-state index >= 15 is 0 Å². The molecule has 2 atom stereocenters. The molecule has 0 rings (SSSR count). The fourth-order valence-electron chi connectivity index (χ4n) is 1.90. The van der Waals surface area contributed by atoms with Gasteiger partial charge in [0, 0.05) is 5.97 Å². The van der Waals surface area contributed by atoms with Gasteiger partial charge in [-0.2, -0.15) is 0 Å². The molecule has 0 bridgehead atoms. The van der Waals surface area contributed by atoms with E-state index in [2.05, 4.69) is 19.1 Å². The molecule has 144 valence electrons. The maximum absolute atomic E-state index is 10.2. The second-order valence-corrected chi connectivity index (χ2v) is 5.73. The van der Waals surface area contributed by atoms with Gasteiger partial charge in [-0.15, -0.1) is 0 Å². The van der Waals surface area contributed by atoms with E-state index in [0.717, 1.165) is 12.8 Å². The van der Waals surface area contributed by atoms with Gasteiger partial charge in [0.15, 0.2) is 0 Å². The molecule has 0 heterocycles. The highest BCUT2D eigenvalue weighted by Crippen LogP contribution is 2.00. The third kappa shape index (κ3) is 18.2. The number of carboxylic acids is 1. The van der Waals surface area contributed by atoms with Crippen molar-refractivity contribution < 1.29 is 20.1 Å². The van der Waals surface area contributed by atoms with Crippen LogP contribution < -0.4 is 5.11 Å². The zero-order valence-electron chi connectivity index (χ0n) is 15.5. The Hall–Kier alpha value is -2.17. The third-order valence-corrected chi connectivity index (χ3v) is 3.28. The Morgan fingerprint density at radius 3 is 1.92 bits per heavy atom. The number of carboxylic acid groups (broad SMARTS) is 1. The predicted octanol–water partition coefficient (Wildman–Crippen LogP) is 3.16. The van der Waals surface area contributed by atoms with Crippen LogP contribution in [-0.4, -0.2) is 28.4 Å². The molecule has 0 radical (unpaired) electrons. The van der Waals surface area contributed by atoms with E-state index < -0.39 is 18.2 Å². The number of hydrogen-bond donors (Lipinski definition) is 2. The molecule has 0 aliphatic heterocycles. The Bertz CT molecular complexity index is 524. The summed E-state index contributed by atoms with van der Waals surface area (Å²) < 4.78 is 0. The zero-order chi connectivity index (χ0) is 19.5.